The van der Waals surface area contributed by atoms with Gasteiger partial charge in [-0.1, -0.05) is 6.07 Å². The van der Waals surface area contributed by atoms with Crippen molar-refractivity contribution in [2.75, 3.05) is 0 Å². The van der Waals surface area contributed by atoms with E-state index in [2.05, 4.69) is 21.2 Å². The number of hydrogen-bond acceptors (Lipinski definition) is 2. The zero-order valence-corrected chi connectivity index (χ0v) is 13.4. The molecule has 0 heterocycles. The average Bonchev–Trinajstić information content (AvgIpc) is 3.02. The van der Waals surface area contributed by atoms with Crippen LogP contribution in [0.2, 0.25) is 0 Å². The fourth-order valence-electron chi connectivity index (χ4n) is 4.05. The Balaban J connectivity index is 1.76. The minimum absolute atomic E-state index is 0.00750. The summed E-state index contributed by atoms with van der Waals surface area (Å²) in [6, 6.07) is 4.98. The van der Waals surface area contributed by atoms with Crippen molar-refractivity contribution in [3.8, 4) is 0 Å². The fourth-order valence-corrected chi connectivity index (χ4v) is 4.45. The summed E-state index contributed by atoms with van der Waals surface area (Å²) in [6.07, 6.45) is 3.18. The van der Waals surface area contributed by atoms with E-state index in [1.54, 1.807) is 12.1 Å². The number of halogens is 2. The Labute approximate surface area is 132 Å². The Kier molecular flexibility index (Phi) is 4.06. The van der Waals surface area contributed by atoms with Crippen molar-refractivity contribution in [3.63, 3.8) is 0 Å². The molecule has 5 atom stereocenters. The van der Waals surface area contributed by atoms with Gasteiger partial charge in [0.15, 0.2) is 0 Å². The normalized spacial score (nSPS) is 32.3. The molecule has 2 aliphatic carbocycles. The lowest BCUT2D eigenvalue weighted by Gasteiger charge is -2.31. The van der Waals surface area contributed by atoms with Crippen molar-refractivity contribution >= 4 is 21.9 Å². The maximum absolute atomic E-state index is 13.3. The maximum atomic E-state index is 13.3. The van der Waals surface area contributed by atoms with Crippen LogP contribution in [0.25, 0.3) is 0 Å². The van der Waals surface area contributed by atoms with Crippen molar-refractivity contribution in [1.29, 1.82) is 0 Å². The third kappa shape index (κ3) is 2.73. The standard InChI is InChI=1S/C16H19BrFNO2/c1-8(9-4-5-13(18)12(17)7-9)19-15-11-3-2-10(6-11)14(15)16(20)21/h4-5,7-8,10-11,14-15,19H,2-3,6H2,1H3,(H,20,21). The highest BCUT2D eigenvalue weighted by Gasteiger charge is 2.51. The molecule has 2 N–H and O–H groups in total. The van der Waals surface area contributed by atoms with Crippen molar-refractivity contribution in [2.24, 2.45) is 17.8 Å². The van der Waals surface area contributed by atoms with E-state index in [0.29, 0.717) is 16.3 Å². The number of fused-ring (bicyclic) bond motifs is 2. The second-order valence-electron chi connectivity index (χ2n) is 6.28. The van der Waals surface area contributed by atoms with Gasteiger partial charge in [0.05, 0.1) is 10.4 Å². The highest BCUT2D eigenvalue weighted by molar-refractivity contribution is 9.10. The van der Waals surface area contributed by atoms with Gasteiger partial charge in [-0.15, -0.1) is 0 Å². The molecule has 0 radical (unpaired) electrons. The van der Waals surface area contributed by atoms with Crippen LogP contribution >= 0.6 is 15.9 Å². The van der Waals surface area contributed by atoms with Crippen molar-refractivity contribution < 1.29 is 14.3 Å². The van der Waals surface area contributed by atoms with E-state index in [4.69, 9.17) is 0 Å². The molecular weight excluding hydrogens is 337 g/mol. The van der Waals surface area contributed by atoms with E-state index < -0.39 is 5.97 Å². The van der Waals surface area contributed by atoms with E-state index in [0.717, 1.165) is 24.8 Å². The molecule has 114 valence electrons. The number of nitrogens with one attached hydrogen (secondary N) is 1. The molecule has 0 amide bonds. The Morgan fingerprint density at radius 2 is 2.14 bits per heavy atom. The van der Waals surface area contributed by atoms with Gasteiger partial charge < -0.3 is 10.4 Å². The first-order valence-corrected chi connectivity index (χ1v) is 8.20. The van der Waals surface area contributed by atoms with Crippen molar-refractivity contribution in [3.05, 3.63) is 34.1 Å². The van der Waals surface area contributed by atoms with Gasteiger partial charge in [0.1, 0.15) is 5.82 Å². The Morgan fingerprint density at radius 3 is 2.81 bits per heavy atom. The summed E-state index contributed by atoms with van der Waals surface area (Å²) in [6.45, 7) is 2.00. The molecule has 0 aromatic heterocycles. The predicted octanol–water partition coefficient (Wildman–Crippen LogP) is 3.74. The summed E-state index contributed by atoms with van der Waals surface area (Å²) in [5.74, 6) is -0.476. The zero-order chi connectivity index (χ0) is 15.1. The van der Waals surface area contributed by atoms with E-state index >= 15 is 0 Å². The third-order valence-corrected chi connectivity index (χ3v) is 5.70. The molecule has 21 heavy (non-hydrogen) atoms. The largest absolute Gasteiger partial charge is 0.481 e. The lowest BCUT2D eigenvalue weighted by Crippen LogP contribution is -2.45. The first-order chi connectivity index (χ1) is 9.97. The lowest BCUT2D eigenvalue weighted by molar-refractivity contribution is -0.144. The van der Waals surface area contributed by atoms with Gasteiger partial charge in [-0.3, -0.25) is 4.79 Å². The number of benzene rings is 1. The summed E-state index contributed by atoms with van der Waals surface area (Å²) < 4.78 is 13.8. The number of carboxylic acids is 1. The number of carboxylic acid groups (broad SMARTS) is 1. The minimum atomic E-state index is -0.688. The molecule has 0 spiro atoms. The van der Waals surface area contributed by atoms with Crippen LogP contribution in [0.4, 0.5) is 4.39 Å². The summed E-state index contributed by atoms with van der Waals surface area (Å²) in [5.41, 5.74) is 0.968. The topological polar surface area (TPSA) is 49.3 Å². The van der Waals surface area contributed by atoms with E-state index in [9.17, 15) is 14.3 Å². The number of aliphatic carboxylic acids is 1. The van der Waals surface area contributed by atoms with E-state index in [1.807, 2.05) is 6.92 Å². The Bertz CT molecular complexity index is 565. The monoisotopic (exact) mass is 355 g/mol. The van der Waals surface area contributed by atoms with Crippen molar-refractivity contribution in [1.82, 2.24) is 5.32 Å². The quantitative estimate of drug-likeness (QED) is 0.864. The molecule has 2 bridgehead atoms. The van der Waals surface area contributed by atoms with Crippen LogP contribution < -0.4 is 5.32 Å². The maximum Gasteiger partial charge on any atom is 0.308 e. The van der Waals surface area contributed by atoms with Gasteiger partial charge in [-0.25, -0.2) is 4.39 Å². The first-order valence-electron chi connectivity index (χ1n) is 7.41. The van der Waals surface area contributed by atoms with Gasteiger partial charge in [-0.2, -0.15) is 0 Å². The van der Waals surface area contributed by atoms with Crippen LogP contribution in [0.3, 0.4) is 0 Å². The molecule has 3 nitrogen and oxygen atoms in total. The highest BCUT2D eigenvalue weighted by Crippen LogP contribution is 2.49. The van der Waals surface area contributed by atoms with E-state index in [-0.39, 0.29) is 23.8 Å². The lowest BCUT2D eigenvalue weighted by atomic mass is 9.84. The van der Waals surface area contributed by atoms with Crippen LogP contribution in [0.15, 0.2) is 22.7 Å². The molecule has 2 fully saturated rings. The van der Waals surface area contributed by atoms with Crippen LogP contribution in [-0.2, 0) is 4.79 Å². The number of carbonyl (C=O) groups is 1. The van der Waals surface area contributed by atoms with Gasteiger partial charge in [0.2, 0.25) is 0 Å². The molecule has 0 saturated heterocycles. The smallest absolute Gasteiger partial charge is 0.308 e. The zero-order valence-electron chi connectivity index (χ0n) is 11.9. The molecule has 1 aromatic rings. The Morgan fingerprint density at radius 1 is 1.43 bits per heavy atom. The second kappa shape index (κ2) is 5.69. The van der Waals surface area contributed by atoms with Gasteiger partial charge in [-0.05, 0) is 71.6 Å². The van der Waals surface area contributed by atoms with E-state index in [1.165, 1.54) is 6.07 Å². The van der Waals surface area contributed by atoms with Crippen LogP contribution in [0.1, 0.15) is 37.8 Å². The Hall–Kier alpha value is -0.940. The fraction of sp³-hybridized carbons (Fsp3) is 0.562. The number of rotatable bonds is 4. The second-order valence-corrected chi connectivity index (χ2v) is 7.14. The average molecular weight is 356 g/mol. The van der Waals surface area contributed by atoms with Crippen molar-refractivity contribution in [2.45, 2.75) is 38.3 Å². The molecule has 5 unspecified atom stereocenters. The van der Waals surface area contributed by atoms with Crippen LogP contribution in [-0.4, -0.2) is 17.1 Å². The SMILES string of the molecule is CC(NC1C2CCC(C2)C1C(=O)O)c1ccc(F)c(Br)c1. The summed E-state index contributed by atoms with van der Waals surface area (Å²) in [7, 11) is 0. The first kappa shape index (κ1) is 15.0. The van der Waals surface area contributed by atoms with Gasteiger partial charge in [0.25, 0.3) is 0 Å². The number of hydrogen-bond donors (Lipinski definition) is 2. The van der Waals surface area contributed by atoms with Gasteiger partial charge in [0, 0.05) is 12.1 Å². The predicted molar refractivity (Wildman–Crippen MR) is 81.4 cm³/mol. The molecule has 5 heteroatoms. The summed E-state index contributed by atoms with van der Waals surface area (Å²) in [4.78, 5) is 11.5. The summed E-state index contributed by atoms with van der Waals surface area (Å²) >= 11 is 3.20. The minimum Gasteiger partial charge on any atom is -0.481 e. The molecule has 2 saturated carbocycles. The third-order valence-electron chi connectivity index (χ3n) is 5.09. The van der Waals surface area contributed by atoms with Gasteiger partial charge >= 0.3 is 5.97 Å². The molecule has 0 aliphatic heterocycles. The molecule has 3 rings (SSSR count). The van der Waals surface area contributed by atoms with Crippen LogP contribution in [0.5, 0.6) is 0 Å². The molecule has 2 aliphatic rings. The van der Waals surface area contributed by atoms with Crippen LogP contribution in [0, 0.1) is 23.6 Å². The highest BCUT2D eigenvalue weighted by atomic mass is 79.9. The molecule has 1 aromatic carbocycles. The summed E-state index contributed by atoms with van der Waals surface area (Å²) in [5, 5.41) is 13.0. The molecular formula is C16H19BrFNO2.